The Hall–Kier alpha value is -4.06. The molecule has 2 atom stereocenters. The van der Waals surface area contributed by atoms with Crippen molar-refractivity contribution in [2.24, 2.45) is 5.41 Å². The van der Waals surface area contributed by atoms with Gasteiger partial charge in [-0.1, -0.05) is 44.5 Å². The van der Waals surface area contributed by atoms with Crippen LogP contribution in [0.1, 0.15) is 61.3 Å². The maximum absolute atomic E-state index is 12.7. The smallest absolute Gasteiger partial charge is 0.253 e. The van der Waals surface area contributed by atoms with Crippen LogP contribution in [0.15, 0.2) is 62.5 Å². The molecule has 0 aliphatic carbocycles. The molecule has 0 radical (unpaired) electrons. The van der Waals surface area contributed by atoms with Crippen molar-refractivity contribution in [3.05, 3.63) is 102 Å². The minimum absolute atomic E-state index is 0.111. The van der Waals surface area contributed by atoms with Crippen LogP contribution in [0.4, 0.5) is 22.7 Å². The highest BCUT2D eigenvalue weighted by atomic mass is 35.5. The molecule has 4 aromatic rings. The third-order valence-corrected chi connectivity index (χ3v) is 7.24. The van der Waals surface area contributed by atoms with Gasteiger partial charge in [0.15, 0.2) is 6.23 Å². The lowest BCUT2D eigenvalue weighted by atomic mass is 9.85. The quantitative estimate of drug-likeness (QED) is 0.273. The van der Waals surface area contributed by atoms with Crippen LogP contribution in [-0.2, 0) is 6.54 Å². The monoisotopic (exact) mass is 530 g/mol. The molecule has 0 bridgehead atoms. The largest absolute Gasteiger partial charge is 0.464 e. The van der Waals surface area contributed by atoms with Crippen LogP contribution in [0.5, 0.6) is 0 Å². The highest BCUT2D eigenvalue weighted by Crippen LogP contribution is 2.45. The lowest BCUT2D eigenvalue weighted by molar-refractivity contribution is 0.182. The van der Waals surface area contributed by atoms with E-state index in [1.54, 1.807) is 41.3 Å². The van der Waals surface area contributed by atoms with E-state index < -0.39 is 17.1 Å². The van der Waals surface area contributed by atoms with Crippen molar-refractivity contribution >= 4 is 34.4 Å². The van der Waals surface area contributed by atoms with Crippen LogP contribution in [0.25, 0.3) is 0 Å². The van der Waals surface area contributed by atoms with Crippen LogP contribution < -0.4 is 26.4 Å². The van der Waals surface area contributed by atoms with Crippen LogP contribution in [0.3, 0.4) is 0 Å². The highest BCUT2D eigenvalue weighted by molar-refractivity contribution is 6.31. The molecule has 0 amide bonds. The Labute approximate surface area is 224 Å². The van der Waals surface area contributed by atoms with E-state index in [1.165, 1.54) is 0 Å². The van der Waals surface area contributed by atoms with Gasteiger partial charge in [-0.15, -0.1) is 0 Å². The maximum atomic E-state index is 12.7. The first-order valence-electron chi connectivity index (χ1n) is 12.2. The first-order valence-corrected chi connectivity index (χ1v) is 12.6. The zero-order valence-electron chi connectivity index (χ0n) is 21.4. The third-order valence-electron chi connectivity index (χ3n) is 6.89. The standard InChI is InChI=1S/C29H27ClN4O4/c1-15-9-12-21(38-15)27(29(2,3)4)33-24-23(25(35)26(24)36)32-19-11-10-18(30)17-14-34(28(37)22(17)19)20-8-6-5-7-16(20)13-31/h5-12,27-28,32-33,37H,14H2,1-4H3/t27-,28?/m0/s1. The zero-order valence-corrected chi connectivity index (χ0v) is 22.2. The Bertz CT molecular complexity index is 1650. The van der Waals surface area contributed by atoms with Crippen molar-refractivity contribution in [3.63, 3.8) is 0 Å². The van der Waals surface area contributed by atoms with Gasteiger partial charge in [-0.05, 0) is 54.3 Å². The fourth-order valence-corrected chi connectivity index (χ4v) is 5.13. The molecule has 194 valence electrons. The van der Waals surface area contributed by atoms with Gasteiger partial charge in [-0.25, -0.2) is 0 Å². The normalized spacial score (nSPS) is 15.8. The average Bonchev–Trinajstić information content (AvgIpc) is 3.47. The van der Waals surface area contributed by atoms with Crippen molar-refractivity contribution in [2.45, 2.75) is 46.5 Å². The number of nitrogens with zero attached hydrogens (tertiary/aromatic N) is 2. The fourth-order valence-electron chi connectivity index (χ4n) is 4.90. The SMILES string of the molecule is Cc1ccc([C@H](Nc2c(Nc3ccc(Cl)c4c3C(O)N(c3ccccc3C#N)C4)c(=O)c2=O)C(C)(C)C)o1. The number of halogens is 1. The highest BCUT2D eigenvalue weighted by Gasteiger charge is 2.36. The fraction of sp³-hybridized carbons (Fsp3) is 0.276. The summed E-state index contributed by atoms with van der Waals surface area (Å²) in [5.74, 6) is 1.40. The molecule has 3 N–H and O–H groups in total. The second-order valence-corrected chi connectivity index (χ2v) is 10.9. The van der Waals surface area contributed by atoms with Gasteiger partial charge >= 0.3 is 0 Å². The van der Waals surface area contributed by atoms with E-state index >= 15 is 0 Å². The molecule has 2 heterocycles. The molecule has 0 fully saturated rings. The molecule has 8 nitrogen and oxygen atoms in total. The van der Waals surface area contributed by atoms with Crippen LogP contribution in [-0.4, -0.2) is 5.11 Å². The van der Waals surface area contributed by atoms with Crippen molar-refractivity contribution in [2.75, 3.05) is 15.5 Å². The summed E-state index contributed by atoms with van der Waals surface area (Å²) in [4.78, 5) is 27.0. The van der Waals surface area contributed by atoms with Gasteiger partial charge in [-0.3, -0.25) is 9.59 Å². The van der Waals surface area contributed by atoms with Crippen molar-refractivity contribution in [1.82, 2.24) is 0 Å². The number of hydrogen-bond acceptors (Lipinski definition) is 8. The summed E-state index contributed by atoms with van der Waals surface area (Å²) in [5, 5.41) is 27.7. The first-order chi connectivity index (χ1) is 18.0. The van der Waals surface area contributed by atoms with Crippen LogP contribution in [0, 0.1) is 23.7 Å². The summed E-state index contributed by atoms with van der Waals surface area (Å²) in [6, 6.07) is 15.8. The second kappa shape index (κ2) is 9.35. The van der Waals surface area contributed by atoms with Gasteiger partial charge < -0.3 is 25.1 Å². The number of fused-ring (bicyclic) bond motifs is 1. The Balaban J connectivity index is 1.50. The van der Waals surface area contributed by atoms with Gasteiger partial charge in [0.05, 0.1) is 17.3 Å². The first kappa shape index (κ1) is 25.6. The second-order valence-electron chi connectivity index (χ2n) is 10.5. The number of aliphatic hydroxyl groups excluding tert-OH is 1. The third kappa shape index (κ3) is 4.24. The van der Waals surface area contributed by atoms with Crippen molar-refractivity contribution in [1.29, 1.82) is 5.26 Å². The molecule has 1 aliphatic heterocycles. The summed E-state index contributed by atoms with van der Waals surface area (Å²) < 4.78 is 5.84. The number of furan rings is 1. The number of nitrogens with one attached hydrogen (secondary N) is 2. The van der Waals surface area contributed by atoms with Gasteiger partial charge in [0.1, 0.15) is 29.0 Å². The topological polar surface area (TPSA) is 119 Å². The molecule has 5 rings (SSSR count). The molecule has 0 saturated carbocycles. The lowest BCUT2D eigenvalue weighted by Crippen LogP contribution is -2.39. The molecule has 1 unspecified atom stereocenters. The number of rotatable bonds is 6. The Kier molecular flexibility index (Phi) is 6.30. The summed E-state index contributed by atoms with van der Waals surface area (Å²) in [6.07, 6.45) is -1.13. The number of anilines is 4. The van der Waals surface area contributed by atoms with Crippen LogP contribution >= 0.6 is 11.6 Å². The van der Waals surface area contributed by atoms with E-state index in [9.17, 15) is 20.0 Å². The molecule has 0 spiro atoms. The van der Waals surface area contributed by atoms with E-state index in [0.29, 0.717) is 38.8 Å². The molecule has 0 saturated heterocycles. The van der Waals surface area contributed by atoms with Gasteiger partial charge in [0, 0.05) is 22.8 Å². The molecule has 1 aromatic heterocycles. The summed E-state index contributed by atoms with van der Waals surface area (Å²) in [6.45, 7) is 8.15. The summed E-state index contributed by atoms with van der Waals surface area (Å²) in [5.41, 5.74) is 1.24. The van der Waals surface area contributed by atoms with Crippen LogP contribution in [0.2, 0.25) is 5.02 Å². The van der Waals surface area contributed by atoms with Gasteiger partial charge in [-0.2, -0.15) is 5.26 Å². The number of aryl methyl sites for hydroxylation is 1. The molecular formula is C29H27ClN4O4. The molecular weight excluding hydrogens is 504 g/mol. The zero-order chi connectivity index (χ0) is 27.4. The Morgan fingerprint density at radius 2 is 1.82 bits per heavy atom. The number of nitriles is 1. The van der Waals surface area contributed by atoms with Gasteiger partial charge in [0.2, 0.25) is 0 Å². The van der Waals surface area contributed by atoms with E-state index in [4.69, 9.17) is 16.0 Å². The summed E-state index contributed by atoms with van der Waals surface area (Å²) in [7, 11) is 0. The molecule has 1 aliphatic rings. The van der Waals surface area contributed by atoms with E-state index in [1.807, 2.05) is 39.8 Å². The molecule has 38 heavy (non-hydrogen) atoms. The van der Waals surface area contributed by atoms with E-state index in [-0.39, 0.29) is 29.4 Å². The molecule has 9 heteroatoms. The molecule has 3 aromatic carbocycles. The van der Waals surface area contributed by atoms with Crippen molar-refractivity contribution in [3.8, 4) is 6.07 Å². The minimum Gasteiger partial charge on any atom is -0.464 e. The van der Waals surface area contributed by atoms with E-state index in [0.717, 1.165) is 5.76 Å². The number of para-hydroxylation sites is 1. The van der Waals surface area contributed by atoms with Gasteiger partial charge in [0.25, 0.3) is 10.9 Å². The Morgan fingerprint density at radius 1 is 1.11 bits per heavy atom. The Morgan fingerprint density at radius 3 is 2.47 bits per heavy atom. The number of benzene rings is 2. The van der Waals surface area contributed by atoms with Crippen molar-refractivity contribution < 1.29 is 9.52 Å². The maximum Gasteiger partial charge on any atom is 0.253 e. The number of aliphatic hydroxyl groups is 1. The average molecular weight is 531 g/mol. The minimum atomic E-state index is -1.13. The number of hydrogen-bond donors (Lipinski definition) is 3. The summed E-state index contributed by atoms with van der Waals surface area (Å²) >= 11 is 6.50. The lowest BCUT2D eigenvalue weighted by Gasteiger charge is -2.32. The predicted molar refractivity (Wildman–Crippen MR) is 148 cm³/mol. The predicted octanol–water partition coefficient (Wildman–Crippen LogP) is 5.66. The van der Waals surface area contributed by atoms with E-state index in [2.05, 4.69) is 16.7 Å².